The van der Waals surface area contributed by atoms with E-state index in [0.29, 0.717) is 23.6 Å². The molecular weight excluding hydrogens is 350 g/mol. The zero-order valence-electron chi connectivity index (χ0n) is 16.2. The zero-order valence-corrected chi connectivity index (χ0v) is 16.2. The average Bonchev–Trinajstić information content (AvgIpc) is 2.74. The van der Waals surface area contributed by atoms with Crippen molar-refractivity contribution in [1.29, 1.82) is 0 Å². The molecule has 0 saturated heterocycles. The van der Waals surface area contributed by atoms with Crippen molar-refractivity contribution in [2.45, 2.75) is 32.8 Å². The van der Waals surface area contributed by atoms with E-state index >= 15 is 0 Å². The van der Waals surface area contributed by atoms with Crippen molar-refractivity contribution >= 4 is 11.6 Å². The molecule has 4 heteroatoms. The lowest BCUT2D eigenvalue weighted by Crippen LogP contribution is -2.32. The standard InChI is InChI=1S/C24H25NO3/c1-3-18-10-14-22(15-11-18)28-23(4-2)24(26)25-19-12-16-21(17-13-19)27-20-8-6-5-7-9-20/h5-17,23H,3-4H2,1-2H3,(H,25,26). The SMILES string of the molecule is CCc1ccc(OC(CC)C(=O)Nc2ccc(Oc3ccccc3)cc2)cc1. The second-order valence-electron chi connectivity index (χ2n) is 6.44. The molecule has 0 fully saturated rings. The minimum absolute atomic E-state index is 0.168. The van der Waals surface area contributed by atoms with Crippen molar-refractivity contribution in [1.82, 2.24) is 0 Å². The molecule has 0 aliphatic rings. The fourth-order valence-corrected chi connectivity index (χ4v) is 2.74. The van der Waals surface area contributed by atoms with Gasteiger partial charge in [0, 0.05) is 5.69 Å². The molecular formula is C24H25NO3. The summed E-state index contributed by atoms with van der Waals surface area (Å²) in [5, 5.41) is 2.91. The van der Waals surface area contributed by atoms with Crippen molar-refractivity contribution in [2.24, 2.45) is 0 Å². The minimum atomic E-state index is -0.548. The van der Waals surface area contributed by atoms with E-state index < -0.39 is 6.10 Å². The molecule has 4 nitrogen and oxygen atoms in total. The summed E-state index contributed by atoms with van der Waals surface area (Å²) in [7, 11) is 0. The molecule has 144 valence electrons. The number of ether oxygens (including phenoxy) is 2. The lowest BCUT2D eigenvalue weighted by Gasteiger charge is -2.17. The fraction of sp³-hybridized carbons (Fsp3) is 0.208. The van der Waals surface area contributed by atoms with E-state index in [1.165, 1.54) is 5.56 Å². The lowest BCUT2D eigenvalue weighted by molar-refractivity contribution is -0.122. The number of para-hydroxylation sites is 1. The summed E-state index contributed by atoms with van der Waals surface area (Å²) in [6.07, 6.45) is 1.01. The highest BCUT2D eigenvalue weighted by Gasteiger charge is 2.18. The molecule has 1 atom stereocenters. The molecule has 0 radical (unpaired) electrons. The van der Waals surface area contributed by atoms with Gasteiger partial charge in [0.1, 0.15) is 17.2 Å². The van der Waals surface area contributed by atoms with Crippen molar-refractivity contribution in [2.75, 3.05) is 5.32 Å². The third-order valence-corrected chi connectivity index (χ3v) is 4.37. The van der Waals surface area contributed by atoms with Crippen LogP contribution in [0.25, 0.3) is 0 Å². The molecule has 28 heavy (non-hydrogen) atoms. The van der Waals surface area contributed by atoms with E-state index in [4.69, 9.17) is 9.47 Å². The van der Waals surface area contributed by atoms with Gasteiger partial charge in [-0.15, -0.1) is 0 Å². The van der Waals surface area contributed by atoms with Crippen LogP contribution >= 0.6 is 0 Å². The van der Waals surface area contributed by atoms with Gasteiger partial charge in [0.15, 0.2) is 6.10 Å². The highest BCUT2D eigenvalue weighted by molar-refractivity contribution is 5.94. The van der Waals surface area contributed by atoms with Crippen molar-refractivity contribution in [3.8, 4) is 17.2 Å². The Kier molecular flexibility index (Phi) is 6.68. The number of hydrogen-bond donors (Lipinski definition) is 1. The largest absolute Gasteiger partial charge is 0.481 e. The Balaban J connectivity index is 1.58. The fourth-order valence-electron chi connectivity index (χ4n) is 2.74. The smallest absolute Gasteiger partial charge is 0.265 e. The second kappa shape index (κ2) is 9.60. The highest BCUT2D eigenvalue weighted by Crippen LogP contribution is 2.23. The molecule has 1 unspecified atom stereocenters. The first kappa shape index (κ1) is 19.5. The number of benzene rings is 3. The Morgan fingerprint density at radius 2 is 1.43 bits per heavy atom. The summed E-state index contributed by atoms with van der Waals surface area (Å²) in [5.74, 6) is 2.01. The minimum Gasteiger partial charge on any atom is -0.481 e. The number of nitrogens with one attached hydrogen (secondary N) is 1. The van der Waals surface area contributed by atoms with E-state index in [1.54, 1.807) is 0 Å². The molecule has 0 aliphatic carbocycles. The van der Waals surface area contributed by atoms with Crippen molar-refractivity contribution in [3.05, 3.63) is 84.4 Å². The number of rotatable bonds is 8. The summed E-state index contributed by atoms with van der Waals surface area (Å²) < 4.78 is 11.6. The molecule has 0 saturated carbocycles. The second-order valence-corrected chi connectivity index (χ2v) is 6.44. The molecule has 3 aromatic carbocycles. The van der Waals surface area contributed by atoms with Gasteiger partial charge in [-0.3, -0.25) is 4.79 Å². The molecule has 3 rings (SSSR count). The number of anilines is 1. The highest BCUT2D eigenvalue weighted by atomic mass is 16.5. The molecule has 0 spiro atoms. The van der Waals surface area contributed by atoms with Gasteiger partial charge < -0.3 is 14.8 Å². The van der Waals surface area contributed by atoms with Crippen LogP contribution in [-0.2, 0) is 11.2 Å². The number of carbonyl (C=O) groups is 1. The predicted octanol–water partition coefficient (Wildman–Crippen LogP) is 5.84. The Bertz CT molecular complexity index is 874. The van der Waals surface area contributed by atoms with E-state index in [-0.39, 0.29) is 5.91 Å². The van der Waals surface area contributed by atoms with Crippen molar-refractivity contribution < 1.29 is 14.3 Å². The van der Waals surface area contributed by atoms with Gasteiger partial charge in [0.25, 0.3) is 5.91 Å². The maximum atomic E-state index is 12.6. The summed E-state index contributed by atoms with van der Waals surface area (Å²) in [4.78, 5) is 12.6. The van der Waals surface area contributed by atoms with Crippen LogP contribution in [0.2, 0.25) is 0 Å². The monoisotopic (exact) mass is 375 g/mol. The van der Waals surface area contributed by atoms with Gasteiger partial charge >= 0.3 is 0 Å². The Morgan fingerprint density at radius 1 is 0.821 bits per heavy atom. The normalized spacial score (nSPS) is 11.5. The van der Waals surface area contributed by atoms with E-state index in [0.717, 1.165) is 12.2 Å². The van der Waals surface area contributed by atoms with Gasteiger partial charge in [0.05, 0.1) is 0 Å². The van der Waals surface area contributed by atoms with Crippen LogP contribution in [0.4, 0.5) is 5.69 Å². The number of hydrogen-bond acceptors (Lipinski definition) is 3. The van der Waals surface area contributed by atoms with Crippen LogP contribution in [0.3, 0.4) is 0 Å². The number of carbonyl (C=O) groups excluding carboxylic acids is 1. The first-order valence-electron chi connectivity index (χ1n) is 9.57. The quantitative estimate of drug-likeness (QED) is 0.538. The van der Waals surface area contributed by atoms with Gasteiger partial charge in [-0.05, 0) is 66.9 Å². The summed E-state index contributed by atoms with van der Waals surface area (Å²) in [5.41, 5.74) is 1.94. The van der Waals surface area contributed by atoms with Crippen LogP contribution in [0.5, 0.6) is 17.2 Å². The van der Waals surface area contributed by atoms with Gasteiger partial charge in [-0.2, -0.15) is 0 Å². The third-order valence-electron chi connectivity index (χ3n) is 4.37. The van der Waals surface area contributed by atoms with Gasteiger partial charge in [-0.1, -0.05) is 44.2 Å². The Hall–Kier alpha value is -3.27. The third kappa shape index (κ3) is 5.36. The predicted molar refractivity (Wildman–Crippen MR) is 112 cm³/mol. The zero-order chi connectivity index (χ0) is 19.8. The number of aryl methyl sites for hydroxylation is 1. The molecule has 1 amide bonds. The Labute approximate surface area is 166 Å². The van der Waals surface area contributed by atoms with Crippen LogP contribution in [0.15, 0.2) is 78.9 Å². The molecule has 0 aliphatic heterocycles. The summed E-state index contributed by atoms with van der Waals surface area (Å²) >= 11 is 0. The van der Waals surface area contributed by atoms with E-state index in [1.807, 2.05) is 85.8 Å². The Morgan fingerprint density at radius 3 is 2.04 bits per heavy atom. The van der Waals surface area contributed by atoms with Crippen LogP contribution < -0.4 is 14.8 Å². The van der Waals surface area contributed by atoms with Crippen LogP contribution in [0.1, 0.15) is 25.8 Å². The molecule has 0 heterocycles. The summed E-state index contributed by atoms with van der Waals surface area (Å²) in [6.45, 7) is 4.04. The molecule has 1 N–H and O–H groups in total. The topological polar surface area (TPSA) is 47.6 Å². The average molecular weight is 375 g/mol. The maximum absolute atomic E-state index is 12.6. The first-order valence-corrected chi connectivity index (χ1v) is 9.57. The lowest BCUT2D eigenvalue weighted by atomic mass is 10.1. The molecule has 0 bridgehead atoms. The van der Waals surface area contributed by atoms with E-state index in [2.05, 4.69) is 12.2 Å². The van der Waals surface area contributed by atoms with Crippen LogP contribution in [0, 0.1) is 0 Å². The number of amides is 1. The van der Waals surface area contributed by atoms with Gasteiger partial charge in [-0.25, -0.2) is 0 Å². The van der Waals surface area contributed by atoms with Crippen LogP contribution in [-0.4, -0.2) is 12.0 Å². The van der Waals surface area contributed by atoms with Crippen molar-refractivity contribution in [3.63, 3.8) is 0 Å². The van der Waals surface area contributed by atoms with Gasteiger partial charge in [0.2, 0.25) is 0 Å². The molecule has 0 aromatic heterocycles. The maximum Gasteiger partial charge on any atom is 0.265 e. The summed E-state index contributed by atoms with van der Waals surface area (Å²) in [6, 6.07) is 24.7. The van der Waals surface area contributed by atoms with E-state index in [9.17, 15) is 4.79 Å². The first-order chi connectivity index (χ1) is 13.7. The molecule has 3 aromatic rings.